The molecule has 0 aromatic heterocycles. The van der Waals surface area contributed by atoms with Crippen molar-refractivity contribution >= 4 is 61.1 Å². The topological polar surface area (TPSA) is 52.6 Å². The van der Waals surface area contributed by atoms with Crippen LogP contribution in [0, 0.1) is 11.8 Å². The van der Waals surface area contributed by atoms with Gasteiger partial charge in [0.05, 0.1) is 13.2 Å². The Morgan fingerprint density at radius 3 is 1.21 bits per heavy atom. The number of hydrogen-bond donors (Lipinski definition) is 0. The van der Waals surface area contributed by atoms with E-state index in [1.807, 2.05) is 0 Å². The predicted octanol–water partition coefficient (Wildman–Crippen LogP) is 5.48. The Morgan fingerprint density at radius 1 is 0.655 bits per heavy atom. The molecule has 0 rings (SSSR count). The molecule has 0 amide bonds. The maximum absolute atomic E-state index is 10.6. The third-order valence-corrected chi connectivity index (χ3v) is 4.08. The van der Waals surface area contributed by atoms with Crippen molar-refractivity contribution in [3.05, 3.63) is 0 Å². The molecule has 0 aromatic carbocycles. The van der Waals surface area contributed by atoms with Gasteiger partial charge in [-0.25, -0.2) is 0 Å². The Kier molecular flexibility index (Phi) is 42.1. The molecule has 0 fully saturated rings. The van der Waals surface area contributed by atoms with Gasteiger partial charge >= 0.3 is 23.9 Å². The van der Waals surface area contributed by atoms with Gasteiger partial charge in [0.1, 0.15) is 0 Å². The summed E-state index contributed by atoms with van der Waals surface area (Å²) in [7, 11) is 0. The SMILES string of the molecule is C.C.CC(C)CCCCCOC(=O)C[S-].CC(C)CCCCCOC(=O)C[S-].[Sn+2]. The molecular formula is C22H46O4S2Sn. The molecule has 0 heterocycles. The van der Waals surface area contributed by atoms with Gasteiger partial charge in [-0.1, -0.05) is 92.6 Å². The molecule has 2 radical (unpaired) electrons. The van der Waals surface area contributed by atoms with Crippen molar-refractivity contribution < 1.29 is 19.1 Å². The Morgan fingerprint density at radius 2 is 0.966 bits per heavy atom. The molecule has 0 aliphatic heterocycles. The van der Waals surface area contributed by atoms with Crippen LogP contribution in [0.1, 0.15) is 93.9 Å². The number of rotatable bonds is 14. The smallest absolute Gasteiger partial charge is 0.782 e. The van der Waals surface area contributed by atoms with Crippen LogP contribution in [0.4, 0.5) is 0 Å². The molecule has 0 spiro atoms. The van der Waals surface area contributed by atoms with Gasteiger partial charge in [-0.3, -0.25) is 9.59 Å². The van der Waals surface area contributed by atoms with E-state index in [1.165, 1.54) is 25.7 Å². The molecule has 0 atom stereocenters. The number of carbonyl (C=O) groups is 2. The molecule has 0 bridgehead atoms. The molecule has 0 aliphatic rings. The first kappa shape index (κ1) is 39.9. The monoisotopic (exact) mass is 558 g/mol. The van der Waals surface area contributed by atoms with E-state index < -0.39 is 0 Å². The second-order valence-electron chi connectivity index (χ2n) is 7.22. The van der Waals surface area contributed by atoms with Crippen LogP contribution >= 0.6 is 0 Å². The van der Waals surface area contributed by atoms with Crippen molar-refractivity contribution in [2.45, 2.75) is 93.9 Å². The van der Waals surface area contributed by atoms with Crippen molar-refractivity contribution in [3.8, 4) is 0 Å². The second kappa shape index (κ2) is 30.6. The fourth-order valence-corrected chi connectivity index (χ4v) is 2.28. The summed E-state index contributed by atoms with van der Waals surface area (Å²) in [6.45, 7) is 9.95. The van der Waals surface area contributed by atoms with Crippen LogP contribution in [-0.2, 0) is 44.3 Å². The summed E-state index contributed by atoms with van der Waals surface area (Å²) in [6, 6.07) is 0. The number of hydrogen-bond acceptors (Lipinski definition) is 6. The van der Waals surface area contributed by atoms with Crippen LogP contribution in [0.3, 0.4) is 0 Å². The number of unbranched alkanes of at least 4 members (excludes halogenated alkanes) is 4. The zero-order valence-electron chi connectivity index (χ0n) is 17.6. The summed E-state index contributed by atoms with van der Waals surface area (Å²) >= 11 is 9.07. The van der Waals surface area contributed by atoms with E-state index in [0.717, 1.165) is 37.5 Å². The predicted molar refractivity (Wildman–Crippen MR) is 132 cm³/mol. The Hall–Kier alpha value is 0.439. The fraction of sp³-hybridized carbons (Fsp3) is 0.909. The fourth-order valence-electron chi connectivity index (χ4n) is 2.12. The van der Waals surface area contributed by atoms with Crippen LogP contribution in [0.2, 0.25) is 0 Å². The zero-order chi connectivity index (χ0) is 20.2. The Bertz CT molecular complexity index is 309. The van der Waals surface area contributed by atoms with E-state index in [0.29, 0.717) is 13.2 Å². The van der Waals surface area contributed by atoms with Crippen LogP contribution in [0.5, 0.6) is 0 Å². The largest absolute Gasteiger partial charge is 2.00 e. The summed E-state index contributed by atoms with van der Waals surface area (Å²) in [5, 5.41) is 0. The van der Waals surface area contributed by atoms with Gasteiger partial charge in [0.25, 0.3) is 11.9 Å². The summed E-state index contributed by atoms with van der Waals surface area (Å²) in [4.78, 5) is 21.3. The van der Waals surface area contributed by atoms with Gasteiger partial charge in [-0.2, -0.15) is 0 Å². The first-order chi connectivity index (χ1) is 12.3. The first-order valence-corrected chi connectivity index (χ1v) is 11.0. The third kappa shape index (κ3) is 39.5. The summed E-state index contributed by atoms with van der Waals surface area (Å²) in [5.41, 5.74) is 0. The van der Waals surface area contributed by atoms with Crippen molar-refractivity contribution in [2.75, 3.05) is 24.7 Å². The minimum Gasteiger partial charge on any atom is -0.782 e. The van der Waals surface area contributed by atoms with Gasteiger partial charge in [0.2, 0.25) is 0 Å². The van der Waals surface area contributed by atoms with E-state index >= 15 is 0 Å². The third-order valence-electron chi connectivity index (χ3n) is 3.61. The van der Waals surface area contributed by atoms with Crippen molar-refractivity contribution in [1.29, 1.82) is 0 Å². The maximum Gasteiger partial charge on any atom is 2.00 e. The van der Waals surface area contributed by atoms with Crippen molar-refractivity contribution in [1.82, 2.24) is 0 Å². The van der Waals surface area contributed by atoms with Crippen LogP contribution in [0.25, 0.3) is 0 Å². The van der Waals surface area contributed by atoms with Gasteiger partial charge in [-0.15, -0.1) is 0 Å². The van der Waals surface area contributed by atoms with E-state index in [1.54, 1.807) is 0 Å². The van der Waals surface area contributed by atoms with Crippen LogP contribution in [-0.4, -0.2) is 60.6 Å². The number of esters is 2. The maximum atomic E-state index is 10.6. The minimum absolute atomic E-state index is 0. The van der Waals surface area contributed by atoms with Crippen molar-refractivity contribution in [2.24, 2.45) is 11.8 Å². The molecule has 0 saturated heterocycles. The molecule has 0 aliphatic carbocycles. The molecule has 174 valence electrons. The van der Waals surface area contributed by atoms with E-state index in [2.05, 4.69) is 53.0 Å². The van der Waals surface area contributed by atoms with Crippen LogP contribution < -0.4 is 0 Å². The van der Waals surface area contributed by atoms with Gasteiger partial charge in [0, 0.05) is 0 Å². The van der Waals surface area contributed by atoms with Gasteiger partial charge in [0.15, 0.2) is 0 Å². The molecule has 29 heavy (non-hydrogen) atoms. The molecule has 0 aromatic rings. The molecule has 0 N–H and O–H groups in total. The molecular weight excluding hydrogens is 511 g/mol. The molecule has 0 saturated carbocycles. The first-order valence-electron chi connectivity index (χ1n) is 9.80. The van der Waals surface area contributed by atoms with Gasteiger partial charge < -0.3 is 34.7 Å². The minimum atomic E-state index is -0.265. The van der Waals surface area contributed by atoms with E-state index in [4.69, 9.17) is 9.47 Å². The van der Waals surface area contributed by atoms with Gasteiger partial charge in [-0.05, 0) is 24.7 Å². The van der Waals surface area contributed by atoms with E-state index in [9.17, 15) is 9.59 Å². The zero-order valence-corrected chi connectivity index (χ0v) is 22.1. The Balaban J connectivity index is -0.000000120. The van der Waals surface area contributed by atoms with E-state index in [-0.39, 0.29) is 62.2 Å². The average molecular weight is 557 g/mol. The molecule has 0 unspecified atom stereocenters. The van der Waals surface area contributed by atoms with Crippen molar-refractivity contribution in [3.63, 3.8) is 0 Å². The normalized spacial score (nSPS) is 9.38. The molecule has 7 heteroatoms. The average Bonchev–Trinajstić information content (AvgIpc) is 2.60. The number of carbonyl (C=O) groups excluding carboxylic acids is 2. The summed E-state index contributed by atoms with van der Waals surface area (Å²) < 4.78 is 9.71. The Labute approximate surface area is 209 Å². The molecule has 4 nitrogen and oxygen atoms in total. The quantitative estimate of drug-likeness (QED) is 0.122. The summed E-state index contributed by atoms with van der Waals surface area (Å²) in [6.07, 6.45) is 9.18. The standard InChI is InChI=1S/2C10H20O2S.2CH4.Sn/c2*1-9(2)6-4-3-5-7-12-10(11)8-13;;;/h2*9,13H,3-8H2,1-2H3;2*1H4;/q;;;;+2/p-2. The van der Waals surface area contributed by atoms with Crippen LogP contribution in [0.15, 0.2) is 0 Å². The second-order valence-corrected chi connectivity index (χ2v) is 7.79. The summed E-state index contributed by atoms with van der Waals surface area (Å²) in [5.74, 6) is 1.17. The number of ether oxygens (including phenoxy) is 2.